The van der Waals surface area contributed by atoms with E-state index in [1.54, 1.807) is 0 Å². The number of carbonyl (C=O) groups is 9. The number of rotatable bonds is 14. The zero-order valence-corrected chi connectivity index (χ0v) is 31.6. The van der Waals surface area contributed by atoms with E-state index in [4.69, 9.17) is 0 Å². The Labute approximate surface area is 305 Å². The van der Waals surface area contributed by atoms with Crippen LogP contribution in [-0.4, -0.2) is 107 Å². The maximum Gasteiger partial charge on any atom is 0.233 e. The Morgan fingerprint density at radius 2 is 0.865 bits per heavy atom. The average molecular weight is 729 g/mol. The van der Waals surface area contributed by atoms with Crippen LogP contribution in [0.25, 0.3) is 0 Å². The molecular weight excluding hydrogens is 672 g/mol. The molecule has 3 saturated heterocycles. The van der Waals surface area contributed by atoms with Crippen LogP contribution in [0.15, 0.2) is 0 Å². The van der Waals surface area contributed by atoms with Crippen molar-refractivity contribution in [2.75, 3.05) is 39.3 Å². The molecule has 1 saturated carbocycles. The van der Waals surface area contributed by atoms with E-state index in [0.29, 0.717) is 0 Å². The van der Waals surface area contributed by atoms with Crippen molar-refractivity contribution in [2.24, 2.45) is 52.8 Å². The molecular formula is C37H56N6O9. The number of likely N-dealkylation sites (tertiary alicyclic amines) is 3. The van der Waals surface area contributed by atoms with Gasteiger partial charge >= 0.3 is 0 Å². The number of hydrogen-bond acceptors (Lipinski definition) is 9. The van der Waals surface area contributed by atoms with E-state index in [9.17, 15) is 43.2 Å². The number of nitrogens with zero attached hydrogens (tertiary/aromatic N) is 3. The second-order valence-electron chi connectivity index (χ2n) is 16.6. The third kappa shape index (κ3) is 9.24. The predicted octanol–water partition coefficient (Wildman–Crippen LogP) is 0.851. The van der Waals surface area contributed by atoms with Crippen LogP contribution in [0.4, 0.5) is 0 Å². The van der Waals surface area contributed by atoms with Gasteiger partial charge in [0, 0.05) is 88.1 Å². The van der Waals surface area contributed by atoms with Gasteiger partial charge in [0.25, 0.3) is 0 Å². The normalized spacial score (nSPS) is 27.1. The van der Waals surface area contributed by atoms with Crippen molar-refractivity contribution in [1.29, 1.82) is 0 Å². The molecule has 4 rings (SSSR count). The van der Waals surface area contributed by atoms with E-state index in [2.05, 4.69) is 16.0 Å². The second kappa shape index (κ2) is 16.7. The Balaban J connectivity index is 1.37. The molecule has 15 heteroatoms. The molecule has 52 heavy (non-hydrogen) atoms. The molecule has 0 radical (unpaired) electrons. The minimum absolute atomic E-state index is 0.00769. The Morgan fingerprint density at radius 1 is 0.558 bits per heavy atom. The lowest BCUT2D eigenvalue weighted by atomic mass is 9.74. The third-order valence-electron chi connectivity index (χ3n) is 11.2. The lowest BCUT2D eigenvalue weighted by Gasteiger charge is -2.33. The van der Waals surface area contributed by atoms with E-state index in [-0.39, 0.29) is 142 Å². The van der Waals surface area contributed by atoms with Gasteiger partial charge in [-0.2, -0.15) is 0 Å². The maximum absolute atomic E-state index is 13.5. The summed E-state index contributed by atoms with van der Waals surface area (Å²) in [5, 5.41) is 8.35. The molecule has 0 bridgehead atoms. The molecule has 0 aromatic carbocycles. The van der Waals surface area contributed by atoms with Crippen molar-refractivity contribution in [3.05, 3.63) is 0 Å². The number of imide groups is 3. The monoisotopic (exact) mass is 728 g/mol. The largest absolute Gasteiger partial charge is 0.354 e. The minimum atomic E-state index is -0.741. The first kappa shape index (κ1) is 40.6. The molecule has 3 N–H and O–H groups in total. The maximum atomic E-state index is 13.5. The van der Waals surface area contributed by atoms with Gasteiger partial charge in [-0.1, -0.05) is 48.5 Å². The summed E-state index contributed by atoms with van der Waals surface area (Å²) in [6, 6.07) is 0. The van der Waals surface area contributed by atoms with Crippen molar-refractivity contribution < 1.29 is 43.2 Å². The summed E-state index contributed by atoms with van der Waals surface area (Å²) in [4.78, 5) is 120. The molecule has 4 aliphatic rings. The van der Waals surface area contributed by atoms with Gasteiger partial charge in [-0.25, -0.2) is 0 Å². The Kier molecular flexibility index (Phi) is 13.0. The van der Waals surface area contributed by atoms with Crippen molar-refractivity contribution in [1.82, 2.24) is 30.7 Å². The SMILES string of the molecule is CC(C)C1CC(=O)N(CCNC(=O)[C@@H]2C[C@H](C(=O)NCCN3C(=O)CC(C(C)C)C3=O)C[C@H](C(=O)NCCN3C(=O)CC(C(C)(C)C)C3=O)C2)C1=O. The summed E-state index contributed by atoms with van der Waals surface area (Å²) >= 11 is 0. The molecule has 288 valence electrons. The van der Waals surface area contributed by atoms with Crippen molar-refractivity contribution in [2.45, 2.75) is 87.0 Å². The van der Waals surface area contributed by atoms with Crippen LogP contribution in [0.1, 0.15) is 87.0 Å². The van der Waals surface area contributed by atoms with Gasteiger partial charge in [-0.3, -0.25) is 57.9 Å². The fourth-order valence-corrected chi connectivity index (χ4v) is 7.79. The molecule has 3 aliphatic heterocycles. The molecule has 3 heterocycles. The second-order valence-corrected chi connectivity index (χ2v) is 16.6. The van der Waals surface area contributed by atoms with E-state index in [1.807, 2.05) is 48.5 Å². The molecule has 0 aromatic rings. The lowest BCUT2D eigenvalue weighted by Crippen LogP contribution is -2.47. The van der Waals surface area contributed by atoms with Crippen LogP contribution in [0, 0.1) is 52.8 Å². The van der Waals surface area contributed by atoms with Crippen molar-refractivity contribution >= 4 is 53.2 Å². The highest BCUT2D eigenvalue weighted by Gasteiger charge is 2.45. The molecule has 0 spiro atoms. The molecule has 1 aliphatic carbocycles. The summed E-state index contributed by atoms with van der Waals surface area (Å²) < 4.78 is 0. The first-order chi connectivity index (χ1) is 24.3. The van der Waals surface area contributed by atoms with Crippen LogP contribution in [0.2, 0.25) is 0 Å². The van der Waals surface area contributed by atoms with Crippen molar-refractivity contribution in [3.8, 4) is 0 Å². The van der Waals surface area contributed by atoms with Gasteiger partial charge in [-0.15, -0.1) is 0 Å². The molecule has 3 unspecified atom stereocenters. The molecule has 6 atom stereocenters. The van der Waals surface area contributed by atoms with Gasteiger partial charge in [-0.05, 0) is 36.5 Å². The van der Waals surface area contributed by atoms with Gasteiger partial charge in [0.1, 0.15) is 0 Å². The van der Waals surface area contributed by atoms with Gasteiger partial charge in [0.2, 0.25) is 53.2 Å². The van der Waals surface area contributed by atoms with Gasteiger partial charge < -0.3 is 16.0 Å². The standard InChI is InChI=1S/C37H56N6O9/c1-20(2)25-17-28(44)41(34(25)50)11-8-38-31(47)22-14-23(32(48)39-9-12-42-29(45)18-26(21(3)4)35(42)51)16-24(15-22)33(49)40-10-13-43-30(46)19-27(36(43)52)37(5,6)7/h20-27H,8-19H2,1-7H3,(H,38,47)(H,39,48)(H,40,49)/t22-,23+,24-,25?,26?,27?. The fourth-order valence-electron chi connectivity index (χ4n) is 7.79. The summed E-state index contributed by atoms with van der Waals surface area (Å²) in [6.45, 7) is 13.3. The fraction of sp³-hybridized carbons (Fsp3) is 0.757. The summed E-state index contributed by atoms with van der Waals surface area (Å²) in [6.07, 6.45) is 0.801. The van der Waals surface area contributed by atoms with Crippen LogP contribution in [0.5, 0.6) is 0 Å². The predicted molar refractivity (Wildman–Crippen MR) is 187 cm³/mol. The first-order valence-corrected chi connectivity index (χ1v) is 18.7. The zero-order chi connectivity index (χ0) is 38.7. The molecule has 0 aromatic heterocycles. The molecule has 4 fully saturated rings. The van der Waals surface area contributed by atoms with Crippen LogP contribution in [0.3, 0.4) is 0 Å². The highest BCUT2D eigenvalue weighted by Crippen LogP contribution is 2.36. The zero-order valence-electron chi connectivity index (χ0n) is 31.6. The number of nitrogens with one attached hydrogen (secondary N) is 3. The van der Waals surface area contributed by atoms with E-state index in [0.717, 1.165) is 9.80 Å². The van der Waals surface area contributed by atoms with Crippen LogP contribution < -0.4 is 16.0 Å². The summed E-state index contributed by atoms with van der Waals surface area (Å²) in [5.41, 5.74) is -0.385. The Bertz CT molecular complexity index is 1400. The summed E-state index contributed by atoms with van der Waals surface area (Å²) in [5.74, 6) is -6.31. The molecule has 9 amide bonds. The first-order valence-electron chi connectivity index (χ1n) is 18.7. The quantitative estimate of drug-likeness (QED) is 0.217. The Morgan fingerprint density at radius 3 is 1.13 bits per heavy atom. The molecule has 15 nitrogen and oxygen atoms in total. The van der Waals surface area contributed by atoms with Crippen molar-refractivity contribution in [3.63, 3.8) is 0 Å². The minimum Gasteiger partial charge on any atom is -0.354 e. The van der Waals surface area contributed by atoms with Gasteiger partial charge in [0.05, 0.1) is 5.92 Å². The van der Waals surface area contributed by atoms with E-state index < -0.39 is 41.4 Å². The average Bonchev–Trinajstić information content (AvgIpc) is 3.65. The smallest absolute Gasteiger partial charge is 0.233 e. The van der Waals surface area contributed by atoms with Crippen LogP contribution >= 0.6 is 0 Å². The van der Waals surface area contributed by atoms with Crippen LogP contribution in [-0.2, 0) is 43.2 Å². The number of amides is 9. The Hall–Kier alpha value is -4.17. The third-order valence-corrected chi connectivity index (χ3v) is 11.2. The lowest BCUT2D eigenvalue weighted by molar-refractivity contribution is -0.141. The van der Waals surface area contributed by atoms with E-state index >= 15 is 0 Å². The topological polar surface area (TPSA) is 199 Å². The summed E-state index contributed by atoms with van der Waals surface area (Å²) in [7, 11) is 0. The number of hydrogen-bond donors (Lipinski definition) is 3. The number of carbonyl (C=O) groups excluding carboxylic acids is 9. The van der Waals surface area contributed by atoms with E-state index in [1.165, 1.54) is 4.90 Å². The highest BCUT2D eigenvalue weighted by molar-refractivity contribution is 6.05. The highest BCUT2D eigenvalue weighted by atomic mass is 16.2. The van der Waals surface area contributed by atoms with Gasteiger partial charge in [0.15, 0.2) is 0 Å².